The molecule has 0 fully saturated rings. The van der Waals surface area contributed by atoms with Crippen molar-refractivity contribution in [3.05, 3.63) is 94.0 Å². The lowest BCUT2D eigenvalue weighted by Crippen LogP contribution is -2.39. The Hall–Kier alpha value is -3.97. The fourth-order valence-electron chi connectivity index (χ4n) is 5.01. The Balaban J connectivity index is 1.41. The highest BCUT2D eigenvalue weighted by molar-refractivity contribution is 6.30. The number of rotatable bonds is 6. The SMILES string of the molecule is COc1ccc2c(c1)C(CC(=O)CN1C(=O)c3ccccc3C1=O)C(C)N2C(=O)c1ccc(Cl)cc1. The zero-order valence-electron chi connectivity index (χ0n) is 19.7. The third kappa shape index (κ3) is 3.95. The summed E-state index contributed by atoms with van der Waals surface area (Å²) in [6.07, 6.45) is 0.0547. The van der Waals surface area contributed by atoms with Gasteiger partial charge in [-0.1, -0.05) is 23.7 Å². The molecule has 0 saturated heterocycles. The maximum Gasteiger partial charge on any atom is 0.261 e. The van der Waals surface area contributed by atoms with E-state index in [2.05, 4.69) is 0 Å². The van der Waals surface area contributed by atoms with Gasteiger partial charge in [-0.25, -0.2) is 0 Å². The second-order valence-electron chi connectivity index (χ2n) is 8.94. The minimum Gasteiger partial charge on any atom is -0.497 e. The zero-order chi connectivity index (χ0) is 25.6. The number of benzene rings is 3. The van der Waals surface area contributed by atoms with Gasteiger partial charge in [-0.05, 0) is 67.1 Å². The summed E-state index contributed by atoms with van der Waals surface area (Å²) < 4.78 is 5.39. The van der Waals surface area contributed by atoms with E-state index < -0.39 is 11.8 Å². The molecule has 0 bridgehead atoms. The van der Waals surface area contributed by atoms with Gasteiger partial charge >= 0.3 is 0 Å². The number of Topliss-reactive ketones (excluding diaryl/α,β-unsaturated/α-hetero) is 1. The Morgan fingerprint density at radius 2 is 1.58 bits per heavy atom. The monoisotopic (exact) mass is 502 g/mol. The Bertz CT molecular complexity index is 1370. The standard InChI is InChI=1S/C28H23ClN2O5/c1-16-23(13-19(32)15-30-27(34)21-5-3-4-6-22(21)28(30)35)24-14-20(36-2)11-12-25(24)31(16)26(33)17-7-9-18(29)10-8-17/h3-12,14,16,23H,13,15H2,1-2H3. The topological polar surface area (TPSA) is 84.0 Å². The Morgan fingerprint density at radius 1 is 0.944 bits per heavy atom. The number of hydrogen-bond acceptors (Lipinski definition) is 5. The Labute approximate surface area is 213 Å². The fraction of sp³-hybridized carbons (Fsp3) is 0.214. The van der Waals surface area contributed by atoms with Gasteiger partial charge in [0.1, 0.15) is 5.75 Å². The van der Waals surface area contributed by atoms with E-state index in [9.17, 15) is 19.2 Å². The maximum atomic E-state index is 13.5. The molecule has 0 aliphatic carbocycles. The quantitative estimate of drug-likeness (QED) is 0.455. The predicted octanol–water partition coefficient (Wildman–Crippen LogP) is 4.74. The van der Waals surface area contributed by atoms with Gasteiger partial charge in [-0.15, -0.1) is 0 Å². The number of ether oxygens (including phenoxy) is 1. The third-order valence-corrected chi connectivity index (χ3v) is 7.11. The molecule has 3 aromatic carbocycles. The molecule has 2 heterocycles. The molecule has 0 aromatic heterocycles. The molecule has 36 heavy (non-hydrogen) atoms. The van der Waals surface area contributed by atoms with Crippen LogP contribution in [0, 0.1) is 0 Å². The van der Waals surface area contributed by atoms with Crippen molar-refractivity contribution in [1.82, 2.24) is 4.90 Å². The van der Waals surface area contributed by atoms with E-state index in [4.69, 9.17) is 16.3 Å². The normalized spacial score (nSPS) is 18.3. The predicted molar refractivity (Wildman–Crippen MR) is 135 cm³/mol. The molecule has 8 heteroatoms. The highest BCUT2D eigenvalue weighted by Crippen LogP contribution is 2.45. The number of nitrogens with zero attached hydrogens (tertiary/aromatic N) is 2. The van der Waals surface area contributed by atoms with Crippen LogP contribution < -0.4 is 9.64 Å². The van der Waals surface area contributed by atoms with Crippen molar-refractivity contribution in [3.8, 4) is 5.75 Å². The summed E-state index contributed by atoms with van der Waals surface area (Å²) in [5, 5.41) is 0.530. The molecular weight excluding hydrogens is 480 g/mol. The lowest BCUT2D eigenvalue weighted by atomic mass is 9.90. The van der Waals surface area contributed by atoms with Crippen LogP contribution in [0.5, 0.6) is 5.75 Å². The molecule has 0 N–H and O–H groups in total. The molecule has 2 unspecified atom stereocenters. The van der Waals surface area contributed by atoms with Gasteiger partial charge < -0.3 is 9.64 Å². The lowest BCUT2D eigenvalue weighted by Gasteiger charge is -2.26. The minimum atomic E-state index is -0.468. The van der Waals surface area contributed by atoms with Crippen LogP contribution in [0.1, 0.15) is 55.9 Å². The fourth-order valence-corrected chi connectivity index (χ4v) is 5.14. The van der Waals surface area contributed by atoms with Gasteiger partial charge in [0, 0.05) is 34.7 Å². The number of carbonyl (C=O) groups excluding carboxylic acids is 4. The molecule has 2 aliphatic rings. The Morgan fingerprint density at radius 3 is 2.19 bits per heavy atom. The maximum absolute atomic E-state index is 13.5. The number of ketones is 1. The van der Waals surface area contributed by atoms with Crippen molar-refractivity contribution in [3.63, 3.8) is 0 Å². The van der Waals surface area contributed by atoms with Crippen LogP contribution in [0.2, 0.25) is 5.02 Å². The van der Waals surface area contributed by atoms with E-state index in [1.165, 1.54) is 0 Å². The number of amides is 3. The van der Waals surface area contributed by atoms with Crippen molar-refractivity contribution in [2.24, 2.45) is 0 Å². The van der Waals surface area contributed by atoms with Crippen LogP contribution in [0.25, 0.3) is 0 Å². The molecule has 2 atom stereocenters. The number of hydrogen-bond donors (Lipinski definition) is 0. The van der Waals surface area contributed by atoms with Crippen LogP contribution in [0.3, 0.4) is 0 Å². The van der Waals surface area contributed by atoms with Gasteiger partial charge in [-0.3, -0.25) is 24.1 Å². The molecule has 182 valence electrons. The summed E-state index contributed by atoms with van der Waals surface area (Å²) in [4.78, 5) is 54.8. The van der Waals surface area contributed by atoms with Gasteiger partial charge in [-0.2, -0.15) is 0 Å². The first kappa shape index (κ1) is 23.8. The third-order valence-electron chi connectivity index (χ3n) is 6.85. The largest absolute Gasteiger partial charge is 0.497 e. The molecular formula is C28H23ClN2O5. The average molecular weight is 503 g/mol. The number of methoxy groups -OCH3 is 1. The lowest BCUT2D eigenvalue weighted by molar-refractivity contribution is -0.119. The van der Waals surface area contributed by atoms with Gasteiger partial charge in [0.25, 0.3) is 17.7 Å². The summed E-state index contributed by atoms with van der Waals surface area (Å²) in [7, 11) is 1.55. The molecule has 0 radical (unpaired) electrons. The first-order valence-electron chi connectivity index (χ1n) is 11.5. The summed E-state index contributed by atoms with van der Waals surface area (Å²) in [6, 6.07) is 18.3. The molecule has 2 aliphatic heterocycles. The van der Waals surface area contributed by atoms with Crippen molar-refractivity contribution >= 4 is 40.8 Å². The van der Waals surface area contributed by atoms with Gasteiger partial charge in [0.15, 0.2) is 5.78 Å². The first-order valence-corrected chi connectivity index (χ1v) is 11.9. The molecule has 5 rings (SSSR count). The Kier molecular flexibility index (Phi) is 6.10. The molecule has 3 aromatic rings. The van der Waals surface area contributed by atoms with Crippen molar-refractivity contribution in [1.29, 1.82) is 0 Å². The van der Waals surface area contributed by atoms with Crippen molar-refractivity contribution < 1.29 is 23.9 Å². The van der Waals surface area contributed by atoms with E-state index in [-0.39, 0.29) is 36.6 Å². The van der Waals surface area contributed by atoms with Crippen molar-refractivity contribution in [2.45, 2.75) is 25.3 Å². The first-order chi connectivity index (χ1) is 17.3. The highest BCUT2D eigenvalue weighted by atomic mass is 35.5. The average Bonchev–Trinajstić information content (AvgIpc) is 3.29. The van der Waals surface area contributed by atoms with E-state index in [0.717, 1.165) is 10.5 Å². The summed E-state index contributed by atoms with van der Waals surface area (Å²) in [5.41, 5.74) is 2.59. The smallest absolute Gasteiger partial charge is 0.261 e. The molecule has 3 amide bonds. The van der Waals surface area contributed by atoms with Gasteiger partial charge in [0.05, 0.1) is 24.8 Å². The van der Waals surface area contributed by atoms with Crippen LogP contribution >= 0.6 is 11.6 Å². The molecule has 0 spiro atoms. The van der Waals surface area contributed by atoms with Crippen LogP contribution in [-0.4, -0.2) is 48.1 Å². The highest BCUT2D eigenvalue weighted by Gasteiger charge is 2.42. The van der Waals surface area contributed by atoms with E-state index in [1.807, 2.05) is 19.1 Å². The van der Waals surface area contributed by atoms with E-state index in [0.29, 0.717) is 33.1 Å². The van der Waals surface area contributed by atoms with E-state index in [1.54, 1.807) is 66.6 Å². The van der Waals surface area contributed by atoms with Crippen LogP contribution in [-0.2, 0) is 4.79 Å². The molecule has 7 nitrogen and oxygen atoms in total. The van der Waals surface area contributed by atoms with Crippen LogP contribution in [0.15, 0.2) is 66.7 Å². The number of imide groups is 1. The second-order valence-corrected chi connectivity index (χ2v) is 9.38. The summed E-state index contributed by atoms with van der Waals surface area (Å²) in [6.45, 7) is 1.57. The minimum absolute atomic E-state index is 0.0547. The number of carbonyl (C=O) groups is 4. The number of fused-ring (bicyclic) bond motifs is 2. The zero-order valence-corrected chi connectivity index (χ0v) is 20.5. The second kappa shape index (κ2) is 9.24. The molecule has 0 saturated carbocycles. The summed E-state index contributed by atoms with van der Waals surface area (Å²) >= 11 is 5.99. The number of halogens is 1. The van der Waals surface area contributed by atoms with Crippen molar-refractivity contribution in [2.75, 3.05) is 18.6 Å². The van der Waals surface area contributed by atoms with Gasteiger partial charge in [0.2, 0.25) is 0 Å². The van der Waals surface area contributed by atoms with E-state index >= 15 is 0 Å². The summed E-state index contributed by atoms with van der Waals surface area (Å²) in [5.74, 6) is -1.14. The van der Waals surface area contributed by atoms with Crippen LogP contribution in [0.4, 0.5) is 5.69 Å². The number of anilines is 1.